The molecule has 2 aromatic rings. The zero-order chi connectivity index (χ0) is 11.2. The average Bonchev–Trinajstić information content (AvgIpc) is 3.01. The molecular formula is C13H15N3O. The van der Waals surface area contributed by atoms with Gasteiger partial charge in [-0.05, 0) is 31.4 Å². The number of rotatable bonds is 2. The van der Waals surface area contributed by atoms with Crippen LogP contribution < -0.4 is 5.32 Å². The van der Waals surface area contributed by atoms with Crippen molar-refractivity contribution < 1.29 is 4.74 Å². The summed E-state index contributed by atoms with van der Waals surface area (Å²) in [7, 11) is 0. The van der Waals surface area contributed by atoms with Crippen LogP contribution in [0.3, 0.4) is 0 Å². The number of aromatic amines is 1. The number of imidazole rings is 1. The van der Waals surface area contributed by atoms with Crippen LogP contribution >= 0.6 is 0 Å². The highest BCUT2D eigenvalue weighted by molar-refractivity contribution is 5.77. The Kier molecular flexibility index (Phi) is 1.93. The summed E-state index contributed by atoms with van der Waals surface area (Å²) in [6.45, 7) is 0. The van der Waals surface area contributed by atoms with Crippen LogP contribution in [0.1, 0.15) is 19.3 Å². The van der Waals surface area contributed by atoms with Gasteiger partial charge in [0.25, 0.3) is 0 Å². The van der Waals surface area contributed by atoms with Crippen molar-refractivity contribution in [3.63, 3.8) is 0 Å². The van der Waals surface area contributed by atoms with E-state index in [0.29, 0.717) is 18.2 Å². The van der Waals surface area contributed by atoms with Crippen molar-refractivity contribution in [2.24, 2.45) is 0 Å². The first-order valence-electron chi connectivity index (χ1n) is 6.25. The fraction of sp³-hybridized carbons (Fsp3) is 0.462. The SMILES string of the molecule is c1ccc2[nH]c(NC3CC4CCC3O4)nc2c1. The van der Waals surface area contributed by atoms with Crippen LogP contribution in [0, 0.1) is 0 Å². The first-order valence-corrected chi connectivity index (χ1v) is 6.25. The summed E-state index contributed by atoms with van der Waals surface area (Å²) in [6, 6.07) is 8.52. The van der Waals surface area contributed by atoms with Gasteiger partial charge in [-0.1, -0.05) is 12.1 Å². The van der Waals surface area contributed by atoms with Gasteiger partial charge in [-0.15, -0.1) is 0 Å². The molecule has 4 heteroatoms. The molecule has 0 aliphatic carbocycles. The summed E-state index contributed by atoms with van der Waals surface area (Å²) in [6.07, 6.45) is 4.38. The van der Waals surface area contributed by atoms with Gasteiger partial charge in [-0.3, -0.25) is 0 Å². The lowest BCUT2D eigenvalue weighted by atomic mass is 9.96. The summed E-state index contributed by atoms with van der Waals surface area (Å²) in [5.41, 5.74) is 2.10. The second-order valence-corrected chi connectivity index (χ2v) is 4.96. The van der Waals surface area contributed by atoms with Gasteiger partial charge >= 0.3 is 0 Å². The van der Waals surface area contributed by atoms with Crippen molar-refractivity contribution in [2.45, 2.75) is 37.5 Å². The molecule has 2 saturated heterocycles. The lowest BCUT2D eigenvalue weighted by Gasteiger charge is -2.19. The van der Waals surface area contributed by atoms with Crippen molar-refractivity contribution in [1.29, 1.82) is 0 Å². The standard InChI is InChI=1S/C13H15N3O/c1-2-4-10-9(3-1)14-13(15-10)16-11-7-8-5-6-12(11)17-8/h1-4,8,11-12H,5-7H2,(H2,14,15,16). The van der Waals surface area contributed by atoms with Crippen LogP contribution in [0.15, 0.2) is 24.3 Å². The van der Waals surface area contributed by atoms with E-state index in [1.165, 1.54) is 12.8 Å². The van der Waals surface area contributed by atoms with Gasteiger partial charge in [-0.2, -0.15) is 0 Å². The predicted octanol–water partition coefficient (Wildman–Crippen LogP) is 2.29. The number of benzene rings is 1. The Morgan fingerprint density at radius 2 is 2.24 bits per heavy atom. The van der Waals surface area contributed by atoms with E-state index in [1.807, 2.05) is 24.3 Å². The number of nitrogens with zero attached hydrogens (tertiary/aromatic N) is 1. The number of ether oxygens (including phenoxy) is 1. The summed E-state index contributed by atoms with van der Waals surface area (Å²) >= 11 is 0. The average molecular weight is 229 g/mol. The van der Waals surface area contributed by atoms with E-state index in [4.69, 9.17) is 4.74 Å². The number of anilines is 1. The summed E-state index contributed by atoms with van der Waals surface area (Å²) in [5, 5.41) is 3.47. The molecule has 4 nitrogen and oxygen atoms in total. The van der Waals surface area contributed by atoms with Gasteiger partial charge in [0.05, 0.1) is 29.3 Å². The Balaban J connectivity index is 1.59. The molecule has 2 N–H and O–H groups in total. The van der Waals surface area contributed by atoms with E-state index >= 15 is 0 Å². The maximum atomic E-state index is 5.83. The normalized spacial score (nSPS) is 31.2. The molecule has 0 spiro atoms. The number of H-pyrrole nitrogens is 1. The molecule has 0 amide bonds. The lowest BCUT2D eigenvalue weighted by molar-refractivity contribution is 0.102. The maximum Gasteiger partial charge on any atom is 0.201 e. The lowest BCUT2D eigenvalue weighted by Crippen LogP contribution is -2.30. The fourth-order valence-electron chi connectivity index (χ4n) is 2.99. The molecule has 3 atom stereocenters. The fourth-order valence-corrected chi connectivity index (χ4v) is 2.99. The minimum absolute atomic E-state index is 0.383. The van der Waals surface area contributed by atoms with Crippen molar-refractivity contribution >= 4 is 17.0 Å². The van der Waals surface area contributed by atoms with Gasteiger partial charge < -0.3 is 15.0 Å². The van der Waals surface area contributed by atoms with Gasteiger partial charge in [-0.25, -0.2) is 4.98 Å². The van der Waals surface area contributed by atoms with Crippen molar-refractivity contribution in [2.75, 3.05) is 5.32 Å². The maximum absolute atomic E-state index is 5.83. The Hall–Kier alpha value is -1.55. The van der Waals surface area contributed by atoms with Crippen LogP contribution in [0.5, 0.6) is 0 Å². The molecule has 3 heterocycles. The molecule has 1 aromatic carbocycles. The Morgan fingerprint density at radius 3 is 3.00 bits per heavy atom. The highest BCUT2D eigenvalue weighted by Gasteiger charge is 2.40. The Bertz CT molecular complexity index is 517. The highest BCUT2D eigenvalue weighted by atomic mass is 16.5. The van der Waals surface area contributed by atoms with E-state index in [-0.39, 0.29) is 0 Å². The Labute approximate surface area is 99.4 Å². The molecule has 4 rings (SSSR count). The molecule has 2 fully saturated rings. The van der Waals surface area contributed by atoms with E-state index in [1.54, 1.807) is 0 Å². The number of nitrogens with one attached hydrogen (secondary N) is 2. The second-order valence-electron chi connectivity index (χ2n) is 4.96. The third-order valence-corrected chi connectivity index (χ3v) is 3.82. The van der Waals surface area contributed by atoms with E-state index in [0.717, 1.165) is 23.4 Å². The number of hydrogen-bond acceptors (Lipinski definition) is 3. The van der Waals surface area contributed by atoms with Crippen LogP contribution in [0.4, 0.5) is 5.95 Å². The second kappa shape index (κ2) is 3.47. The molecule has 0 radical (unpaired) electrons. The third kappa shape index (κ3) is 1.52. The molecule has 2 bridgehead atoms. The zero-order valence-corrected chi connectivity index (χ0v) is 9.52. The molecule has 88 valence electrons. The van der Waals surface area contributed by atoms with Crippen LogP contribution in [-0.4, -0.2) is 28.2 Å². The van der Waals surface area contributed by atoms with Gasteiger partial charge in [0.2, 0.25) is 5.95 Å². The topological polar surface area (TPSA) is 49.9 Å². The van der Waals surface area contributed by atoms with Crippen LogP contribution in [0.2, 0.25) is 0 Å². The van der Waals surface area contributed by atoms with E-state index < -0.39 is 0 Å². The Morgan fingerprint density at radius 1 is 1.29 bits per heavy atom. The molecular weight excluding hydrogens is 214 g/mol. The summed E-state index contributed by atoms with van der Waals surface area (Å²) in [5.74, 6) is 0.868. The van der Waals surface area contributed by atoms with Gasteiger partial charge in [0.1, 0.15) is 0 Å². The van der Waals surface area contributed by atoms with Crippen LogP contribution in [-0.2, 0) is 4.74 Å². The number of fused-ring (bicyclic) bond motifs is 3. The summed E-state index contributed by atoms with van der Waals surface area (Å²) in [4.78, 5) is 7.84. The minimum atomic E-state index is 0.383. The molecule has 2 aliphatic rings. The minimum Gasteiger partial charge on any atom is -0.373 e. The molecule has 17 heavy (non-hydrogen) atoms. The first kappa shape index (κ1) is 9.48. The first-order chi connectivity index (χ1) is 8.38. The number of para-hydroxylation sites is 2. The third-order valence-electron chi connectivity index (χ3n) is 3.82. The molecule has 2 aliphatic heterocycles. The van der Waals surface area contributed by atoms with Gasteiger partial charge in [0.15, 0.2) is 0 Å². The quantitative estimate of drug-likeness (QED) is 0.830. The summed E-state index contributed by atoms with van der Waals surface area (Å²) < 4.78 is 5.83. The largest absolute Gasteiger partial charge is 0.373 e. The highest BCUT2D eigenvalue weighted by Crippen LogP contribution is 2.35. The van der Waals surface area contributed by atoms with Crippen molar-refractivity contribution in [1.82, 2.24) is 9.97 Å². The van der Waals surface area contributed by atoms with Crippen molar-refractivity contribution in [3.05, 3.63) is 24.3 Å². The number of aromatic nitrogens is 2. The zero-order valence-electron chi connectivity index (χ0n) is 9.52. The molecule has 1 aromatic heterocycles. The van der Waals surface area contributed by atoms with Gasteiger partial charge in [0, 0.05) is 0 Å². The van der Waals surface area contributed by atoms with E-state index in [9.17, 15) is 0 Å². The van der Waals surface area contributed by atoms with E-state index in [2.05, 4.69) is 15.3 Å². The molecule has 3 unspecified atom stereocenters. The van der Waals surface area contributed by atoms with Crippen LogP contribution in [0.25, 0.3) is 11.0 Å². The van der Waals surface area contributed by atoms with Crippen molar-refractivity contribution in [3.8, 4) is 0 Å². The smallest absolute Gasteiger partial charge is 0.201 e. The predicted molar refractivity (Wildman–Crippen MR) is 66.0 cm³/mol. The monoisotopic (exact) mass is 229 g/mol. The number of hydrogen-bond donors (Lipinski definition) is 2. The molecule has 0 saturated carbocycles.